The van der Waals surface area contributed by atoms with Crippen LogP contribution in [0, 0.1) is 0 Å². The zero-order valence-electron chi connectivity index (χ0n) is 39.3. The van der Waals surface area contributed by atoms with E-state index in [1.54, 1.807) is 28.8 Å². The topological polar surface area (TPSA) is 17.8 Å². The monoisotopic (exact) mass is 652 g/mol. The average Bonchev–Trinajstić information content (AvgIpc) is 3.76. The van der Waals surface area contributed by atoms with E-state index in [0.29, 0.717) is 33.4 Å². The minimum atomic E-state index is -2.96. The van der Waals surface area contributed by atoms with E-state index < -0.39 is 24.7 Å². The van der Waals surface area contributed by atoms with Gasteiger partial charge in [0.1, 0.15) is 5.82 Å². The van der Waals surface area contributed by atoms with Crippen LogP contribution in [0.15, 0.2) is 151 Å². The molecule has 1 aliphatic carbocycles. The summed E-state index contributed by atoms with van der Waals surface area (Å²) >= 11 is 0. The summed E-state index contributed by atoms with van der Waals surface area (Å²) in [5, 5.41) is 4.94. The summed E-state index contributed by atoms with van der Waals surface area (Å²) in [5.74, 6) is -0.209. The summed E-state index contributed by atoms with van der Waals surface area (Å²) in [4.78, 5) is 4.48. The molecule has 0 N–H and O–H groups in total. The standard InChI is InChI=1S/C48H36N2/c1-4-45-49-43-19-11-12-20-44(43)50(45)34-25-23-30-27-32(22-21-31(30)28-34)46-37-14-5-7-16-39(37)47(40-17-8-6-15-38(40)46)33-24-26-36-35-13-9-10-18-41(35)48(2,3)42(36)29-33/h5-29H,4H2,1-3H3/i1D3,4D2,9D,10D,13D,18D,24D,26D,29D. The number of nitrogens with zero attached hydrogens (tertiary/aromatic N) is 2. The van der Waals surface area contributed by atoms with Gasteiger partial charge in [-0.15, -0.1) is 0 Å². The molecule has 0 saturated carbocycles. The first-order valence-corrected chi connectivity index (χ1v) is 16.6. The lowest BCUT2D eigenvalue weighted by atomic mass is 9.80. The number of rotatable bonds is 4. The number of benzene rings is 8. The molecule has 9 aromatic rings. The highest BCUT2D eigenvalue weighted by Gasteiger charge is 2.35. The number of hydrogen-bond donors (Lipinski definition) is 0. The molecule has 8 aromatic carbocycles. The quantitative estimate of drug-likeness (QED) is 0.173. The van der Waals surface area contributed by atoms with Crippen molar-refractivity contribution in [1.29, 1.82) is 0 Å². The van der Waals surface area contributed by atoms with Gasteiger partial charge < -0.3 is 0 Å². The molecule has 0 unspecified atom stereocenters. The minimum Gasteiger partial charge on any atom is -0.296 e. The SMILES string of the molecule is [2H]c1c([2H])c([2H])c2c(c1[2H])-c1c([2H])c([2H])c(-c3c4ccccc4c(-c4ccc5cc(-n6c(C([2H])([2H])C([2H])([2H])[2H])nc7ccccc76)ccc5c4)c4ccccc34)c([2H])c1C2(C)C. The summed E-state index contributed by atoms with van der Waals surface area (Å²) in [6.07, 6.45) is -2.74. The van der Waals surface area contributed by atoms with E-state index in [-0.39, 0.29) is 58.8 Å². The molecule has 10 rings (SSSR count). The van der Waals surface area contributed by atoms with Gasteiger partial charge in [0.25, 0.3) is 0 Å². The number of imidazole rings is 1. The van der Waals surface area contributed by atoms with Gasteiger partial charge in [-0.3, -0.25) is 4.57 Å². The molecular weight excluding hydrogens is 605 g/mol. The highest BCUT2D eigenvalue weighted by atomic mass is 15.1. The third-order valence-corrected chi connectivity index (χ3v) is 10.2. The molecule has 0 amide bonds. The first-order chi connectivity index (χ1) is 29.4. The maximum absolute atomic E-state index is 9.86. The Morgan fingerprint density at radius 3 is 2.06 bits per heavy atom. The van der Waals surface area contributed by atoms with E-state index in [1.165, 1.54) is 0 Å². The zero-order valence-corrected chi connectivity index (χ0v) is 27.3. The Balaban J connectivity index is 1.19. The van der Waals surface area contributed by atoms with Gasteiger partial charge in [0.2, 0.25) is 0 Å². The highest BCUT2D eigenvalue weighted by molar-refractivity contribution is 6.21. The Morgan fingerprint density at radius 2 is 1.30 bits per heavy atom. The number of hydrogen-bond acceptors (Lipinski definition) is 1. The van der Waals surface area contributed by atoms with Crippen LogP contribution >= 0.6 is 0 Å². The van der Waals surface area contributed by atoms with Gasteiger partial charge in [-0.1, -0.05) is 136 Å². The molecule has 0 spiro atoms. The smallest absolute Gasteiger partial charge is 0.114 e. The first-order valence-electron chi connectivity index (χ1n) is 22.6. The van der Waals surface area contributed by atoms with Crippen LogP contribution in [0.4, 0.5) is 0 Å². The van der Waals surface area contributed by atoms with Gasteiger partial charge in [-0.25, -0.2) is 4.98 Å². The number of aromatic nitrogens is 2. The van der Waals surface area contributed by atoms with Crippen LogP contribution in [0.1, 0.15) is 54.1 Å². The molecule has 0 atom stereocenters. The van der Waals surface area contributed by atoms with Crippen molar-refractivity contribution in [3.8, 4) is 39.1 Å². The van der Waals surface area contributed by atoms with Crippen molar-refractivity contribution >= 4 is 43.4 Å². The molecule has 2 heteroatoms. The van der Waals surface area contributed by atoms with Crippen LogP contribution in [0.25, 0.3) is 82.4 Å². The van der Waals surface area contributed by atoms with Crippen LogP contribution < -0.4 is 0 Å². The molecule has 0 bridgehead atoms. The van der Waals surface area contributed by atoms with E-state index in [1.807, 2.05) is 92.7 Å². The second-order valence-electron chi connectivity index (χ2n) is 13.3. The van der Waals surface area contributed by atoms with Gasteiger partial charge in [0.15, 0.2) is 0 Å². The van der Waals surface area contributed by atoms with Crippen molar-refractivity contribution in [3.63, 3.8) is 0 Å². The third kappa shape index (κ3) is 4.12. The normalized spacial score (nSPS) is 17.3. The van der Waals surface area contributed by atoms with Crippen LogP contribution in [0.3, 0.4) is 0 Å². The summed E-state index contributed by atoms with van der Waals surface area (Å²) in [6, 6.07) is 32.7. The molecule has 1 aliphatic rings. The van der Waals surface area contributed by atoms with Crippen molar-refractivity contribution in [2.45, 2.75) is 32.5 Å². The van der Waals surface area contributed by atoms with Crippen molar-refractivity contribution < 1.29 is 16.4 Å². The van der Waals surface area contributed by atoms with E-state index in [2.05, 4.69) is 11.1 Å². The van der Waals surface area contributed by atoms with E-state index in [0.717, 1.165) is 43.4 Å². The van der Waals surface area contributed by atoms with Gasteiger partial charge in [0, 0.05) is 24.3 Å². The average molecular weight is 653 g/mol. The summed E-state index contributed by atoms with van der Waals surface area (Å²) in [6.45, 7) is 0.669. The van der Waals surface area contributed by atoms with Crippen LogP contribution in [-0.4, -0.2) is 9.55 Å². The third-order valence-electron chi connectivity index (χ3n) is 10.2. The molecule has 0 aliphatic heterocycles. The van der Waals surface area contributed by atoms with Gasteiger partial charge in [-0.2, -0.15) is 0 Å². The first kappa shape index (κ1) is 19.3. The predicted octanol–water partition coefficient (Wildman–Crippen LogP) is 12.7. The second kappa shape index (κ2) is 10.8. The van der Waals surface area contributed by atoms with Gasteiger partial charge in [-0.05, 0) is 113 Å². The lowest BCUT2D eigenvalue weighted by Gasteiger charge is -2.23. The largest absolute Gasteiger partial charge is 0.296 e. The molecule has 0 radical (unpaired) electrons. The fourth-order valence-electron chi connectivity index (χ4n) is 7.89. The highest BCUT2D eigenvalue weighted by Crippen LogP contribution is 2.51. The maximum Gasteiger partial charge on any atom is 0.114 e. The van der Waals surface area contributed by atoms with E-state index >= 15 is 0 Å². The fraction of sp³-hybridized carbons (Fsp3) is 0.104. The van der Waals surface area contributed by atoms with Crippen LogP contribution in [0.2, 0.25) is 0 Å². The van der Waals surface area contributed by atoms with Crippen LogP contribution in [0.5, 0.6) is 0 Å². The van der Waals surface area contributed by atoms with E-state index in [4.69, 9.17) is 12.3 Å². The number of fused-ring (bicyclic) bond motifs is 7. The molecule has 0 fully saturated rings. The fourth-order valence-corrected chi connectivity index (χ4v) is 7.89. The number of para-hydroxylation sites is 2. The van der Waals surface area contributed by atoms with Crippen molar-refractivity contribution in [2.75, 3.05) is 0 Å². The Bertz CT molecular complexity index is 3380. The van der Waals surface area contributed by atoms with Crippen molar-refractivity contribution in [2.24, 2.45) is 0 Å². The lowest BCUT2D eigenvalue weighted by Crippen LogP contribution is -2.14. The molecule has 0 saturated heterocycles. The minimum absolute atomic E-state index is 0.00407. The molecule has 1 heterocycles. The molecule has 2 nitrogen and oxygen atoms in total. The Kier molecular flexibility index (Phi) is 4.14. The molecular formula is C48H36N2. The summed E-state index contributed by atoms with van der Waals surface area (Å²) in [7, 11) is 0. The van der Waals surface area contributed by atoms with Gasteiger partial charge in [0.05, 0.1) is 20.6 Å². The van der Waals surface area contributed by atoms with E-state index in [9.17, 15) is 4.11 Å². The second-order valence-corrected chi connectivity index (χ2v) is 13.3. The van der Waals surface area contributed by atoms with Crippen molar-refractivity contribution in [3.05, 3.63) is 168 Å². The van der Waals surface area contributed by atoms with Gasteiger partial charge >= 0.3 is 0 Å². The summed E-state index contributed by atoms with van der Waals surface area (Å²) < 4.78 is 106. The maximum atomic E-state index is 9.86. The summed E-state index contributed by atoms with van der Waals surface area (Å²) in [5.41, 5.74) is 4.33. The Morgan fingerprint density at radius 1 is 0.660 bits per heavy atom. The predicted molar refractivity (Wildman–Crippen MR) is 211 cm³/mol. The Labute approximate surface area is 309 Å². The molecule has 1 aromatic heterocycles. The van der Waals surface area contributed by atoms with Crippen molar-refractivity contribution in [1.82, 2.24) is 9.55 Å². The number of aryl methyl sites for hydroxylation is 1. The molecule has 238 valence electrons. The Hall–Kier alpha value is -5.99. The van der Waals surface area contributed by atoms with Crippen LogP contribution in [-0.2, 0) is 11.8 Å². The zero-order chi connectivity index (χ0) is 43.9. The lowest BCUT2D eigenvalue weighted by molar-refractivity contribution is 0.660. The molecule has 50 heavy (non-hydrogen) atoms.